The maximum atomic E-state index is 12.2. The van der Waals surface area contributed by atoms with E-state index in [2.05, 4.69) is 62.2 Å². The molecule has 6 heteroatoms. The Labute approximate surface area is 182 Å². The highest BCUT2D eigenvalue weighted by Crippen LogP contribution is 2.44. The van der Waals surface area contributed by atoms with Crippen LogP contribution < -0.4 is 10.3 Å². The van der Waals surface area contributed by atoms with Crippen molar-refractivity contribution >= 4 is 41.0 Å². The van der Waals surface area contributed by atoms with Crippen LogP contribution in [-0.2, 0) is 0 Å². The number of amides is 1. The van der Waals surface area contributed by atoms with Crippen LogP contribution in [0.3, 0.4) is 0 Å². The lowest BCUT2D eigenvalue weighted by Gasteiger charge is -2.50. The second-order valence-corrected chi connectivity index (χ2v) is 9.34. The molecule has 1 atom stereocenters. The Bertz CT molecular complexity index is 953. The molecule has 2 aromatic rings. The lowest BCUT2D eigenvalue weighted by atomic mass is 9.79. The van der Waals surface area contributed by atoms with E-state index in [0.29, 0.717) is 27.6 Å². The quantitative estimate of drug-likeness (QED) is 0.458. The van der Waals surface area contributed by atoms with E-state index in [1.807, 2.05) is 6.07 Å². The summed E-state index contributed by atoms with van der Waals surface area (Å²) in [6.07, 6.45) is 2.76. The smallest absolute Gasteiger partial charge is 0.271 e. The maximum absolute atomic E-state index is 12.2. The summed E-state index contributed by atoms with van der Waals surface area (Å²) in [4.78, 5) is 14.7. The Balaban J connectivity index is 1.78. The molecule has 154 valence electrons. The highest BCUT2D eigenvalue weighted by atomic mass is 35.5. The molecule has 4 nitrogen and oxygen atoms in total. The third-order valence-corrected chi connectivity index (χ3v) is 6.12. The highest BCUT2D eigenvalue weighted by Gasteiger charge is 2.37. The number of fused-ring (bicyclic) bond motifs is 1. The topological polar surface area (TPSA) is 44.7 Å². The summed E-state index contributed by atoms with van der Waals surface area (Å²) in [5.74, 6) is 0.119. The van der Waals surface area contributed by atoms with Crippen molar-refractivity contribution in [3.05, 3.63) is 63.1 Å². The van der Waals surface area contributed by atoms with Crippen LogP contribution in [0, 0.1) is 0 Å². The molecular formula is C23H27Cl2N3O. The number of benzene rings is 2. The van der Waals surface area contributed by atoms with E-state index in [-0.39, 0.29) is 11.4 Å². The average molecular weight is 432 g/mol. The molecule has 1 heterocycles. The van der Waals surface area contributed by atoms with Gasteiger partial charge in [0.25, 0.3) is 5.91 Å². The molecule has 0 unspecified atom stereocenters. The molecule has 0 radical (unpaired) electrons. The highest BCUT2D eigenvalue weighted by molar-refractivity contribution is 6.42. The van der Waals surface area contributed by atoms with Crippen molar-refractivity contribution in [3.63, 3.8) is 0 Å². The summed E-state index contributed by atoms with van der Waals surface area (Å²) in [7, 11) is 0. The summed E-state index contributed by atoms with van der Waals surface area (Å²) in [5.41, 5.74) is 6.61. The lowest BCUT2D eigenvalue weighted by Crippen LogP contribution is -2.51. The van der Waals surface area contributed by atoms with Gasteiger partial charge in [-0.2, -0.15) is 5.10 Å². The van der Waals surface area contributed by atoms with E-state index < -0.39 is 0 Å². The molecule has 3 rings (SSSR count). The third kappa shape index (κ3) is 4.59. The monoisotopic (exact) mass is 431 g/mol. The van der Waals surface area contributed by atoms with Gasteiger partial charge in [-0.05, 0) is 81.5 Å². The van der Waals surface area contributed by atoms with E-state index >= 15 is 0 Å². The number of anilines is 1. The molecule has 0 bridgehead atoms. The average Bonchev–Trinajstić information content (AvgIpc) is 2.63. The number of hydrazone groups is 1. The molecule has 0 saturated carbocycles. The van der Waals surface area contributed by atoms with Gasteiger partial charge in [0.1, 0.15) is 0 Å². The van der Waals surface area contributed by atoms with Gasteiger partial charge in [0.15, 0.2) is 0 Å². The number of nitrogens with zero attached hydrogens (tertiary/aromatic N) is 2. The van der Waals surface area contributed by atoms with Gasteiger partial charge >= 0.3 is 0 Å². The van der Waals surface area contributed by atoms with Crippen molar-refractivity contribution in [2.75, 3.05) is 4.90 Å². The predicted molar refractivity (Wildman–Crippen MR) is 123 cm³/mol. The zero-order chi connectivity index (χ0) is 21.3. The molecule has 1 aliphatic heterocycles. The first kappa shape index (κ1) is 21.7. The third-order valence-electron chi connectivity index (χ3n) is 5.38. The van der Waals surface area contributed by atoms with Crippen molar-refractivity contribution in [3.8, 4) is 0 Å². The van der Waals surface area contributed by atoms with Crippen LogP contribution in [0.2, 0.25) is 10.0 Å². The van der Waals surface area contributed by atoms with Gasteiger partial charge in [-0.25, -0.2) is 5.43 Å². The van der Waals surface area contributed by atoms with Crippen molar-refractivity contribution in [1.82, 2.24) is 5.43 Å². The second kappa shape index (κ2) is 8.37. The second-order valence-electron chi connectivity index (χ2n) is 8.53. The molecule has 29 heavy (non-hydrogen) atoms. The number of carbonyl (C=O) groups excluding carboxylic acids is 1. The van der Waals surface area contributed by atoms with Crippen molar-refractivity contribution in [2.45, 2.75) is 58.5 Å². The molecule has 0 saturated heterocycles. The molecule has 1 amide bonds. The van der Waals surface area contributed by atoms with E-state index in [9.17, 15) is 4.79 Å². The minimum Gasteiger partial charge on any atom is -0.364 e. The van der Waals surface area contributed by atoms with Gasteiger partial charge < -0.3 is 4.90 Å². The van der Waals surface area contributed by atoms with Crippen LogP contribution in [0.1, 0.15) is 68.4 Å². The molecule has 1 N–H and O–H groups in total. The van der Waals surface area contributed by atoms with Crippen LogP contribution in [0.15, 0.2) is 41.5 Å². The number of hydrogen-bond acceptors (Lipinski definition) is 3. The van der Waals surface area contributed by atoms with Gasteiger partial charge in [-0.3, -0.25) is 4.79 Å². The van der Waals surface area contributed by atoms with Gasteiger partial charge in [-0.1, -0.05) is 36.2 Å². The van der Waals surface area contributed by atoms with Crippen molar-refractivity contribution < 1.29 is 4.79 Å². The van der Waals surface area contributed by atoms with Gasteiger partial charge in [-0.15, -0.1) is 0 Å². The minimum absolute atomic E-state index is 0.115. The maximum Gasteiger partial charge on any atom is 0.271 e. The first-order chi connectivity index (χ1) is 13.6. The zero-order valence-electron chi connectivity index (χ0n) is 17.5. The lowest BCUT2D eigenvalue weighted by molar-refractivity contribution is 0.0955. The SMILES string of the molecule is CC(C)N1c2ccc(/C=N\NC(=O)c3ccc(Cl)c(Cl)c3)cc2[C@@H](C)CC1(C)C. The molecule has 1 aliphatic rings. The zero-order valence-corrected chi connectivity index (χ0v) is 19.0. The van der Waals surface area contributed by atoms with E-state index in [1.165, 1.54) is 17.3 Å². The van der Waals surface area contributed by atoms with Crippen LogP contribution in [0.4, 0.5) is 5.69 Å². The fraction of sp³-hybridized carbons (Fsp3) is 0.391. The minimum atomic E-state index is -0.334. The van der Waals surface area contributed by atoms with Crippen LogP contribution in [0.25, 0.3) is 0 Å². The molecule has 0 spiro atoms. The Morgan fingerprint density at radius 3 is 2.59 bits per heavy atom. The number of hydrogen-bond donors (Lipinski definition) is 1. The van der Waals surface area contributed by atoms with E-state index in [4.69, 9.17) is 23.2 Å². The van der Waals surface area contributed by atoms with Crippen LogP contribution in [0.5, 0.6) is 0 Å². The van der Waals surface area contributed by atoms with Crippen LogP contribution in [-0.4, -0.2) is 23.7 Å². The number of rotatable bonds is 4. The van der Waals surface area contributed by atoms with Gasteiger partial charge in [0.2, 0.25) is 0 Å². The summed E-state index contributed by atoms with van der Waals surface area (Å²) in [5, 5.41) is 4.86. The molecule has 0 fully saturated rings. The molecule has 0 aliphatic carbocycles. The largest absolute Gasteiger partial charge is 0.364 e. The first-order valence-corrected chi connectivity index (χ1v) is 10.6. The Kier molecular flexibility index (Phi) is 6.25. The Hall–Kier alpha value is -2.04. The normalized spacial score (nSPS) is 18.2. The van der Waals surface area contributed by atoms with Crippen molar-refractivity contribution in [2.24, 2.45) is 5.10 Å². The molecular weight excluding hydrogens is 405 g/mol. The predicted octanol–water partition coefficient (Wildman–Crippen LogP) is 6.26. The summed E-state index contributed by atoms with van der Waals surface area (Å²) >= 11 is 11.9. The van der Waals surface area contributed by atoms with Crippen molar-refractivity contribution in [1.29, 1.82) is 0 Å². The number of carbonyl (C=O) groups is 1. The fourth-order valence-corrected chi connectivity index (χ4v) is 4.69. The summed E-state index contributed by atoms with van der Waals surface area (Å²) in [6.45, 7) is 11.3. The van der Waals surface area contributed by atoms with E-state index in [0.717, 1.165) is 12.0 Å². The van der Waals surface area contributed by atoms with E-state index in [1.54, 1.807) is 18.3 Å². The number of nitrogens with one attached hydrogen (secondary N) is 1. The Morgan fingerprint density at radius 2 is 1.93 bits per heavy atom. The first-order valence-electron chi connectivity index (χ1n) is 9.82. The van der Waals surface area contributed by atoms with Crippen LogP contribution >= 0.6 is 23.2 Å². The molecule has 0 aromatic heterocycles. The Morgan fingerprint density at radius 1 is 1.21 bits per heavy atom. The summed E-state index contributed by atoms with van der Waals surface area (Å²) < 4.78 is 0. The van der Waals surface area contributed by atoms with Gasteiger partial charge in [0, 0.05) is 22.8 Å². The standard InChI is InChI=1S/C23H27Cl2N3O/c1-14(2)28-21-9-6-16(10-18(21)15(3)12-23(28,4)5)13-26-27-22(29)17-7-8-19(24)20(25)11-17/h6-11,13-15H,12H2,1-5H3,(H,27,29)/b26-13-/t15-/m0/s1. The number of halogens is 2. The summed E-state index contributed by atoms with van der Waals surface area (Å²) in [6, 6.07) is 11.5. The fourth-order valence-electron chi connectivity index (χ4n) is 4.40. The molecule has 2 aromatic carbocycles. The van der Waals surface area contributed by atoms with Gasteiger partial charge in [0.05, 0.1) is 16.3 Å².